The van der Waals surface area contributed by atoms with E-state index in [9.17, 15) is 9.90 Å². The summed E-state index contributed by atoms with van der Waals surface area (Å²) < 4.78 is 2.11. The summed E-state index contributed by atoms with van der Waals surface area (Å²) in [6, 6.07) is 16.0. The Balaban J connectivity index is 1.71. The molecule has 0 aliphatic rings. The maximum Gasteiger partial charge on any atom is 0.271 e. The molecule has 3 aromatic rings. The van der Waals surface area contributed by atoms with Crippen molar-refractivity contribution in [2.24, 2.45) is 5.10 Å². The van der Waals surface area contributed by atoms with Gasteiger partial charge in [0, 0.05) is 33.2 Å². The molecule has 0 saturated carbocycles. The standard InChI is InChI=1S/C20H18ClN3O2/c1-13-3-4-14(2)24(13)18-8-5-15(6-9-18)20(26)23-22-12-16-11-17(21)7-10-19(16)25/h3-12,25H,1-2H3,(H,23,26)/b22-12-. The Bertz CT molecular complexity index is 956. The van der Waals surface area contributed by atoms with E-state index < -0.39 is 0 Å². The molecule has 0 spiro atoms. The normalized spacial score (nSPS) is 11.0. The lowest BCUT2D eigenvalue weighted by Crippen LogP contribution is -2.17. The highest BCUT2D eigenvalue weighted by molar-refractivity contribution is 6.30. The summed E-state index contributed by atoms with van der Waals surface area (Å²) >= 11 is 5.87. The minimum atomic E-state index is -0.338. The van der Waals surface area contributed by atoms with Crippen LogP contribution in [-0.2, 0) is 0 Å². The molecule has 0 unspecified atom stereocenters. The van der Waals surface area contributed by atoms with Crippen LogP contribution >= 0.6 is 11.6 Å². The smallest absolute Gasteiger partial charge is 0.271 e. The number of halogens is 1. The summed E-state index contributed by atoms with van der Waals surface area (Å²) in [5.41, 5.74) is 6.61. The fourth-order valence-corrected chi connectivity index (χ4v) is 2.87. The first kappa shape index (κ1) is 17.8. The van der Waals surface area contributed by atoms with Crippen LogP contribution in [0.4, 0.5) is 0 Å². The van der Waals surface area contributed by atoms with Crippen molar-refractivity contribution in [3.8, 4) is 11.4 Å². The molecule has 0 fully saturated rings. The maximum absolute atomic E-state index is 12.2. The second kappa shape index (κ2) is 7.45. The molecular weight excluding hydrogens is 350 g/mol. The number of nitrogens with zero attached hydrogens (tertiary/aromatic N) is 2. The largest absolute Gasteiger partial charge is 0.507 e. The van der Waals surface area contributed by atoms with Gasteiger partial charge in [-0.2, -0.15) is 5.10 Å². The van der Waals surface area contributed by atoms with Crippen LogP contribution in [0.3, 0.4) is 0 Å². The molecule has 1 aromatic heterocycles. The highest BCUT2D eigenvalue weighted by Gasteiger charge is 2.07. The Kier molecular flexibility index (Phi) is 5.09. The van der Waals surface area contributed by atoms with Crippen molar-refractivity contribution in [2.45, 2.75) is 13.8 Å². The van der Waals surface area contributed by atoms with Gasteiger partial charge in [-0.15, -0.1) is 0 Å². The van der Waals surface area contributed by atoms with Gasteiger partial charge in [-0.1, -0.05) is 11.6 Å². The summed E-state index contributed by atoms with van der Waals surface area (Å²) in [4.78, 5) is 12.2. The molecule has 0 atom stereocenters. The highest BCUT2D eigenvalue weighted by Crippen LogP contribution is 2.19. The number of aryl methyl sites for hydroxylation is 2. The zero-order valence-corrected chi connectivity index (χ0v) is 15.2. The average molecular weight is 368 g/mol. The van der Waals surface area contributed by atoms with Crippen LogP contribution in [0, 0.1) is 13.8 Å². The first-order valence-corrected chi connectivity index (χ1v) is 8.41. The number of carbonyl (C=O) groups excluding carboxylic acids is 1. The van der Waals surface area contributed by atoms with Gasteiger partial charge in [0.15, 0.2) is 0 Å². The van der Waals surface area contributed by atoms with E-state index in [4.69, 9.17) is 11.6 Å². The summed E-state index contributed by atoms with van der Waals surface area (Å²) in [6.07, 6.45) is 1.35. The van der Waals surface area contributed by atoms with Crippen LogP contribution in [0.2, 0.25) is 5.02 Å². The number of hydrazone groups is 1. The molecule has 1 heterocycles. The van der Waals surface area contributed by atoms with Crippen molar-refractivity contribution in [2.75, 3.05) is 0 Å². The van der Waals surface area contributed by atoms with Crippen LogP contribution in [0.15, 0.2) is 59.7 Å². The summed E-state index contributed by atoms with van der Waals surface area (Å²) in [5, 5.41) is 14.1. The van der Waals surface area contributed by atoms with Gasteiger partial charge >= 0.3 is 0 Å². The van der Waals surface area contributed by atoms with Crippen molar-refractivity contribution < 1.29 is 9.90 Å². The SMILES string of the molecule is Cc1ccc(C)n1-c1ccc(C(=O)N/N=C\c2cc(Cl)ccc2O)cc1. The van der Waals surface area contributed by atoms with Crippen molar-refractivity contribution in [1.82, 2.24) is 9.99 Å². The van der Waals surface area contributed by atoms with E-state index in [2.05, 4.69) is 27.2 Å². The summed E-state index contributed by atoms with van der Waals surface area (Å²) in [5.74, 6) is -0.301. The van der Waals surface area contributed by atoms with E-state index in [1.54, 1.807) is 24.3 Å². The van der Waals surface area contributed by atoms with Crippen LogP contribution < -0.4 is 5.43 Å². The number of rotatable bonds is 4. The fraction of sp³-hybridized carbons (Fsp3) is 0.100. The Morgan fingerprint density at radius 2 is 1.73 bits per heavy atom. The lowest BCUT2D eigenvalue weighted by Gasteiger charge is -2.10. The van der Waals surface area contributed by atoms with E-state index >= 15 is 0 Å². The van der Waals surface area contributed by atoms with Crippen LogP contribution in [0.5, 0.6) is 5.75 Å². The predicted molar refractivity (Wildman–Crippen MR) is 103 cm³/mol. The second-order valence-corrected chi connectivity index (χ2v) is 6.34. The molecule has 2 N–H and O–H groups in total. The Morgan fingerprint density at radius 3 is 2.38 bits per heavy atom. The molecule has 3 rings (SSSR count). The van der Waals surface area contributed by atoms with Gasteiger partial charge in [0.25, 0.3) is 5.91 Å². The van der Waals surface area contributed by atoms with Crippen LogP contribution in [0.25, 0.3) is 5.69 Å². The monoisotopic (exact) mass is 367 g/mol. The third-order valence-corrected chi connectivity index (χ3v) is 4.25. The van der Waals surface area contributed by atoms with E-state index in [1.807, 2.05) is 26.0 Å². The zero-order chi connectivity index (χ0) is 18.7. The molecule has 26 heavy (non-hydrogen) atoms. The molecule has 1 amide bonds. The predicted octanol–water partition coefficient (Wildman–Crippen LogP) is 4.22. The van der Waals surface area contributed by atoms with E-state index in [0.717, 1.165) is 17.1 Å². The Hall–Kier alpha value is -3.05. The minimum Gasteiger partial charge on any atom is -0.507 e. The lowest BCUT2D eigenvalue weighted by atomic mass is 10.2. The molecular formula is C20H18ClN3O2. The number of aromatic nitrogens is 1. The average Bonchev–Trinajstić information content (AvgIpc) is 2.96. The molecule has 0 aliphatic carbocycles. The van der Waals surface area contributed by atoms with Crippen molar-refractivity contribution in [3.05, 3.63) is 82.1 Å². The molecule has 0 aliphatic heterocycles. The van der Waals surface area contributed by atoms with Crippen molar-refractivity contribution in [3.63, 3.8) is 0 Å². The quantitative estimate of drug-likeness (QED) is 0.535. The number of phenolic OH excluding ortho intramolecular Hbond substituents is 1. The molecule has 5 nitrogen and oxygen atoms in total. The van der Waals surface area contributed by atoms with E-state index in [-0.39, 0.29) is 11.7 Å². The number of hydrogen-bond donors (Lipinski definition) is 2. The Labute approximate surface area is 156 Å². The van der Waals surface area contributed by atoms with E-state index in [0.29, 0.717) is 16.1 Å². The molecule has 0 radical (unpaired) electrons. The first-order valence-electron chi connectivity index (χ1n) is 8.03. The van der Waals surface area contributed by atoms with Crippen molar-refractivity contribution in [1.29, 1.82) is 0 Å². The minimum absolute atomic E-state index is 0.0363. The molecule has 6 heteroatoms. The van der Waals surface area contributed by atoms with Gasteiger partial charge in [-0.3, -0.25) is 4.79 Å². The lowest BCUT2D eigenvalue weighted by molar-refractivity contribution is 0.0955. The van der Waals surface area contributed by atoms with Crippen LogP contribution in [-0.4, -0.2) is 21.8 Å². The Morgan fingerprint density at radius 1 is 1.08 bits per heavy atom. The number of carbonyl (C=O) groups is 1. The number of benzene rings is 2. The topological polar surface area (TPSA) is 66.6 Å². The number of nitrogens with one attached hydrogen (secondary N) is 1. The number of phenols is 1. The third-order valence-electron chi connectivity index (χ3n) is 4.02. The van der Waals surface area contributed by atoms with Crippen molar-refractivity contribution >= 4 is 23.7 Å². The summed E-state index contributed by atoms with van der Waals surface area (Å²) in [6.45, 7) is 4.07. The molecule has 0 saturated heterocycles. The van der Waals surface area contributed by atoms with E-state index in [1.165, 1.54) is 12.3 Å². The number of aromatic hydroxyl groups is 1. The maximum atomic E-state index is 12.2. The van der Waals surface area contributed by atoms with Gasteiger partial charge in [-0.25, -0.2) is 5.43 Å². The third kappa shape index (κ3) is 3.78. The highest BCUT2D eigenvalue weighted by atomic mass is 35.5. The molecule has 0 bridgehead atoms. The van der Waals surface area contributed by atoms with Gasteiger partial charge in [0.1, 0.15) is 5.75 Å². The second-order valence-electron chi connectivity index (χ2n) is 5.90. The van der Waals surface area contributed by atoms with Gasteiger partial charge in [-0.05, 0) is 68.4 Å². The van der Waals surface area contributed by atoms with Gasteiger partial charge in [0.05, 0.1) is 6.21 Å². The summed E-state index contributed by atoms with van der Waals surface area (Å²) in [7, 11) is 0. The van der Waals surface area contributed by atoms with Gasteiger partial charge < -0.3 is 9.67 Å². The van der Waals surface area contributed by atoms with Gasteiger partial charge in [0.2, 0.25) is 0 Å². The van der Waals surface area contributed by atoms with Crippen LogP contribution in [0.1, 0.15) is 27.3 Å². The number of hydrogen-bond acceptors (Lipinski definition) is 3. The zero-order valence-electron chi connectivity index (χ0n) is 14.4. The molecule has 132 valence electrons. The fourth-order valence-electron chi connectivity index (χ4n) is 2.69. The molecule has 2 aromatic carbocycles. The number of amides is 1. The first-order chi connectivity index (χ1) is 12.5.